The summed E-state index contributed by atoms with van der Waals surface area (Å²) < 4.78 is 0. The summed E-state index contributed by atoms with van der Waals surface area (Å²) in [4.78, 5) is 4.42. The van der Waals surface area contributed by atoms with Gasteiger partial charge in [-0.25, -0.2) is 0 Å². The smallest absolute Gasteiger partial charge is 0.168 e. The molecule has 3 nitrogen and oxygen atoms in total. The second-order valence-electron chi connectivity index (χ2n) is 3.59. The maximum atomic E-state index is 5.10. The minimum Gasteiger partial charge on any atom is -0.366 e. The lowest BCUT2D eigenvalue weighted by Crippen LogP contribution is -2.55. The molecule has 0 aromatic carbocycles. The summed E-state index contributed by atoms with van der Waals surface area (Å²) in [6.45, 7) is 3.39. The van der Waals surface area contributed by atoms with Gasteiger partial charge in [-0.1, -0.05) is 0 Å². The summed E-state index contributed by atoms with van der Waals surface area (Å²) in [5.41, 5.74) is 0. The van der Waals surface area contributed by atoms with E-state index < -0.39 is 0 Å². The lowest BCUT2D eigenvalue weighted by atomic mass is 10.0. The molecule has 0 spiro atoms. The fourth-order valence-electron chi connectivity index (χ4n) is 1.53. The number of rotatable bonds is 2. The third kappa shape index (κ3) is 2.32. The number of hydrogen-bond acceptors (Lipinski definition) is 2. The van der Waals surface area contributed by atoms with Crippen molar-refractivity contribution in [2.75, 3.05) is 40.8 Å². The van der Waals surface area contributed by atoms with Gasteiger partial charge in [0.15, 0.2) is 5.11 Å². The van der Waals surface area contributed by atoms with Gasteiger partial charge in [-0.15, -0.1) is 0 Å². The Balaban J connectivity index is 2.15. The van der Waals surface area contributed by atoms with Gasteiger partial charge in [-0.05, 0) is 26.3 Å². The van der Waals surface area contributed by atoms with E-state index in [9.17, 15) is 0 Å². The van der Waals surface area contributed by atoms with Crippen molar-refractivity contribution in [3.63, 3.8) is 0 Å². The molecule has 0 atom stereocenters. The molecule has 4 heteroatoms. The summed E-state index contributed by atoms with van der Waals surface area (Å²) in [7, 11) is 6.10. The molecule has 1 heterocycles. The molecular weight excluding hydrogens is 170 g/mol. The van der Waals surface area contributed by atoms with E-state index in [1.54, 1.807) is 0 Å². The zero-order chi connectivity index (χ0) is 9.14. The minimum atomic E-state index is 0.797. The highest BCUT2D eigenvalue weighted by Gasteiger charge is 2.27. The lowest BCUT2D eigenvalue weighted by molar-refractivity contribution is 0.149. The van der Waals surface area contributed by atoms with Crippen LogP contribution < -0.4 is 5.32 Å². The molecule has 1 rings (SSSR count). The van der Waals surface area contributed by atoms with Crippen molar-refractivity contribution < 1.29 is 0 Å². The largest absolute Gasteiger partial charge is 0.366 e. The van der Waals surface area contributed by atoms with Gasteiger partial charge in [0, 0.05) is 32.6 Å². The maximum absolute atomic E-state index is 5.10. The van der Waals surface area contributed by atoms with E-state index in [0.29, 0.717) is 0 Å². The van der Waals surface area contributed by atoms with E-state index in [0.717, 1.165) is 24.1 Å². The van der Waals surface area contributed by atoms with E-state index >= 15 is 0 Å². The molecule has 1 aliphatic heterocycles. The predicted octanol–water partition coefficient (Wildman–Crippen LogP) is -0.0159. The highest BCUT2D eigenvalue weighted by atomic mass is 32.1. The predicted molar refractivity (Wildman–Crippen MR) is 55.3 cm³/mol. The molecule has 1 saturated heterocycles. The van der Waals surface area contributed by atoms with Crippen molar-refractivity contribution >= 4 is 17.3 Å². The van der Waals surface area contributed by atoms with Crippen molar-refractivity contribution in [3.8, 4) is 0 Å². The van der Waals surface area contributed by atoms with Gasteiger partial charge in [-0.3, -0.25) is 0 Å². The van der Waals surface area contributed by atoms with Crippen molar-refractivity contribution in [3.05, 3.63) is 0 Å². The van der Waals surface area contributed by atoms with Gasteiger partial charge in [-0.2, -0.15) is 0 Å². The molecule has 0 aromatic rings. The summed E-state index contributed by atoms with van der Waals surface area (Å²) in [6.07, 6.45) is 0. The van der Waals surface area contributed by atoms with E-state index in [-0.39, 0.29) is 0 Å². The number of thiocarbonyl (C=S) groups is 1. The first kappa shape index (κ1) is 9.74. The number of nitrogens with one attached hydrogen (secondary N) is 1. The first-order valence-electron chi connectivity index (χ1n) is 4.25. The Morgan fingerprint density at radius 3 is 2.58 bits per heavy atom. The Morgan fingerprint density at radius 1 is 1.58 bits per heavy atom. The monoisotopic (exact) mass is 187 g/mol. The molecule has 0 aliphatic carbocycles. The molecule has 0 unspecified atom stereocenters. The topological polar surface area (TPSA) is 18.5 Å². The average molecular weight is 187 g/mol. The summed E-state index contributed by atoms with van der Waals surface area (Å²) in [6, 6.07) is 0. The molecule has 0 radical (unpaired) electrons. The zero-order valence-electron chi connectivity index (χ0n) is 8.00. The molecule has 70 valence electrons. The van der Waals surface area contributed by atoms with Crippen LogP contribution in [0.3, 0.4) is 0 Å². The zero-order valence-corrected chi connectivity index (χ0v) is 8.82. The fourth-order valence-corrected chi connectivity index (χ4v) is 1.67. The van der Waals surface area contributed by atoms with E-state index in [2.05, 4.69) is 29.2 Å². The minimum absolute atomic E-state index is 0.797. The van der Waals surface area contributed by atoms with Crippen LogP contribution in [0.2, 0.25) is 0 Å². The second-order valence-corrected chi connectivity index (χ2v) is 3.98. The molecule has 0 saturated carbocycles. The van der Waals surface area contributed by atoms with Gasteiger partial charge < -0.3 is 15.1 Å². The van der Waals surface area contributed by atoms with Crippen LogP contribution in [-0.2, 0) is 0 Å². The third-order valence-corrected chi connectivity index (χ3v) is 2.54. The summed E-state index contributed by atoms with van der Waals surface area (Å²) >= 11 is 5.10. The fraction of sp³-hybridized carbons (Fsp3) is 0.875. The van der Waals surface area contributed by atoms with E-state index in [1.807, 2.05) is 7.05 Å². The normalized spacial score (nSPS) is 17.8. The van der Waals surface area contributed by atoms with Crippen molar-refractivity contribution in [2.45, 2.75) is 0 Å². The van der Waals surface area contributed by atoms with Crippen LogP contribution in [0.1, 0.15) is 0 Å². The van der Waals surface area contributed by atoms with Gasteiger partial charge >= 0.3 is 0 Å². The molecule has 1 aliphatic rings. The number of likely N-dealkylation sites (tertiary alicyclic amines) is 1. The van der Waals surface area contributed by atoms with Crippen LogP contribution >= 0.6 is 12.2 Å². The first-order chi connectivity index (χ1) is 5.63. The van der Waals surface area contributed by atoms with E-state index in [1.165, 1.54) is 6.54 Å². The third-order valence-electron chi connectivity index (χ3n) is 2.08. The Hall–Kier alpha value is -0.350. The van der Waals surface area contributed by atoms with Crippen LogP contribution in [0.4, 0.5) is 0 Å². The molecule has 0 aromatic heterocycles. The molecule has 0 bridgehead atoms. The molecule has 1 fully saturated rings. The van der Waals surface area contributed by atoms with E-state index in [4.69, 9.17) is 12.2 Å². The van der Waals surface area contributed by atoms with Crippen LogP contribution in [0.15, 0.2) is 0 Å². The summed E-state index contributed by atoms with van der Waals surface area (Å²) in [5, 5.41) is 3.86. The van der Waals surface area contributed by atoms with Gasteiger partial charge in [0.2, 0.25) is 0 Å². The average Bonchev–Trinajstić information content (AvgIpc) is 1.94. The first-order valence-corrected chi connectivity index (χ1v) is 4.65. The Bertz CT molecular complexity index is 164. The Labute approximate surface area is 79.7 Å². The Kier molecular flexibility index (Phi) is 3.29. The quantitative estimate of drug-likeness (QED) is 0.612. The Morgan fingerprint density at radius 2 is 2.17 bits per heavy atom. The molecule has 12 heavy (non-hydrogen) atoms. The number of hydrogen-bond donors (Lipinski definition) is 1. The van der Waals surface area contributed by atoms with Crippen molar-refractivity contribution in [2.24, 2.45) is 5.92 Å². The SMILES string of the molecule is CNC(=S)N1CC(CN(C)C)C1. The van der Waals surface area contributed by atoms with Crippen molar-refractivity contribution in [1.82, 2.24) is 15.1 Å². The van der Waals surface area contributed by atoms with Gasteiger partial charge in [0.05, 0.1) is 0 Å². The van der Waals surface area contributed by atoms with Gasteiger partial charge in [0.25, 0.3) is 0 Å². The molecular formula is C8H17N3S. The van der Waals surface area contributed by atoms with Crippen LogP contribution in [0.25, 0.3) is 0 Å². The van der Waals surface area contributed by atoms with Crippen molar-refractivity contribution in [1.29, 1.82) is 0 Å². The van der Waals surface area contributed by atoms with Crippen LogP contribution in [0, 0.1) is 5.92 Å². The number of nitrogens with zero attached hydrogens (tertiary/aromatic N) is 2. The lowest BCUT2D eigenvalue weighted by Gasteiger charge is -2.41. The summed E-state index contributed by atoms with van der Waals surface area (Å²) in [5.74, 6) is 0.797. The second kappa shape index (κ2) is 4.05. The highest BCUT2D eigenvalue weighted by Crippen LogP contribution is 2.15. The van der Waals surface area contributed by atoms with Crippen LogP contribution in [-0.4, -0.2) is 55.7 Å². The molecule has 1 N–H and O–H groups in total. The molecule has 0 amide bonds. The highest BCUT2D eigenvalue weighted by molar-refractivity contribution is 7.80. The van der Waals surface area contributed by atoms with Crippen LogP contribution in [0.5, 0.6) is 0 Å². The standard InChI is InChI=1S/C8H17N3S/c1-9-8(12)11-5-7(6-11)4-10(2)3/h7H,4-6H2,1-3H3,(H,9,12). The van der Waals surface area contributed by atoms with Gasteiger partial charge in [0.1, 0.15) is 0 Å². The maximum Gasteiger partial charge on any atom is 0.168 e.